The van der Waals surface area contributed by atoms with Gasteiger partial charge in [0, 0.05) is 38.3 Å². The van der Waals surface area contributed by atoms with Crippen molar-refractivity contribution in [1.82, 2.24) is 10.2 Å². The summed E-state index contributed by atoms with van der Waals surface area (Å²) in [7, 11) is 0. The molecule has 0 aromatic heterocycles. The molecule has 1 aliphatic carbocycles. The van der Waals surface area contributed by atoms with E-state index in [1.165, 1.54) is 77.4 Å². The molecule has 1 saturated carbocycles. The molecule has 21 heavy (non-hydrogen) atoms. The third-order valence-electron chi connectivity index (χ3n) is 6.02. The maximum Gasteiger partial charge on any atom is 0.0588 e. The maximum absolute atomic E-state index is 5.81. The van der Waals surface area contributed by atoms with Crippen molar-refractivity contribution in [2.45, 2.75) is 82.9 Å². The van der Waals surface area contributed by atoms with E-state index in [-0.39, 0.29) is 0 Å². The summed E-state index contributed by atoms with van der Waals surface area (Å²) >= 11 is 0. The zero-order chi connectivity index (χ0) is 14.5. The second kappa shape index (κ2) is 7.94. The summed E-state index contributed by atoms with van der Waals surface area (Å²) in [5, 5.41) is 3.87. The highest BCUT2D eigenvalue weighted by atomic mass is 16.5. The van der Waals surface area contributed by atoms with E-state index in [4.69, 9.17) is 4.74 Å². The fraction of sp³-hybridized carbons (Fsp3) is 1.00. The minimum Gasteiger partial charge on any atom is -0.378 e. The van der Waals surface area contributed by atoms with Gasteiger partial charge >= 0.3 is 0 Å². The van der Waals surface area contributed by atoms with Crippen molar-refractivity contribution in [1.29, 1.82) is 0 Å². The SMILES string of the molecule is CCC1CNC(C2CCCCC2)CN1CCC1CCCO1. The highest BCUT2D eigenvalue weighted by molar-refractivity contribution is 4.90. The number of hydrogen-bond donors (Lipinski definition) is 1. The summed E-state index contributed by atoms with van der Waals surface area (Å²) in [4.78, 5) is 2.78. The Labute approximate surface area is 130 Å². The van der Waals surface area contributed by atoms with Gasteiger partial charge in [0.1, 0.15) is 0 Å². The van der Waals surface area contributed by atoms with Crippen molar-refractivity contribution >= 4 is 0 Å². The molecule has 3 aliphatic rings. The molecule has 3 fully saturated rings. The van der Waals surface area contributed by atoms with Crippen LogP contribution in [0.5, 0.6) is 0 Å². The Morgan fingerprint density at radius 2 is 1.95 bits per heavy atom. The molecule has 2 aliphatic heterocycles. The first kappa shape index (κ1) is 15.8. The maximum atomic E-state index is 5.81. The molecule has 3 rings (SSSR count). The zero-order valence-corrected chi connectivity index (χ0v) is 13.9. The predicted octanol–water partition coefficient (Wildman–Crippen LogP) is 3.19. The first-order chi connectivity index (χ1) is 10.4. The molecule has 0 radical (unpaired) electrons. The Hall–Kier alpha value is -0.120. The summed E-state index contributed by atoms with van der Waals surface area (Å²) in [6.07, 6.45) is 12.9. The Bertz CT molecular complexity index is 298. The molecule has 0 aromatic rings. The number of nitrogens with one attached hydrogen (secondary N) is 1. The van der Waals surface area contributed by atoms with E-state index in [0.29, 0.717) is 6.10 Å². The first-order valence-corrected chi connectivity index (χ1v) is 9.46. The quantitative estimate of drug-likeness (QED) is 0.843. The van der Waals surface area contributed by atoms with Crippen LogP contribution in [0.3, 0.4) is 0 Å². The van der Waals surface area contributed by atoms with Crippen LogP contribution in [0, 0.1) is 5.92 Å². The Morgan fingerprint density at radius 3 is 2.67 bits per heavy atom. The van der Waals surface area contributed by atoms with Crippen molar-refractivity contribution in [3.63, 3.8) is 0 Å². The average Bonchev–Trinajstić information content (AvgIpc) is 3.07. The van der Waals surface area contributed by atoms with Crippen LogP contribution in [0.15, 0.2) is 0 Å². The van der Waals surface area contributed by atoms with E-state index in [1.807, 2.05) is 0 Å². The third kappa shape index (κ3) is 4.20. The van der Waals surface area contributed by atoms with Gasteiger partial charge in [-0.1, -0.05) is 26.2 Å². The standard InChI is InChI=1S/C18H34N2O/c1-2-16-13-19-18(15-7-4-3-5-8-15)14-20(16)11-10-17-9-6-12-21-17/h15-19H,2-14H2,1H3. The molecule has 3 unspecified atom stereocenters. The van der Waals surface area contributed by atoms with Crippen molar-refractivity contribution in [2.75, 3.05) is 26.2 Å². The predicted molar refractivity (Wildman–Crippen MR) is 87.6 cm³/mol. The molecule has 3 atom stereocenters. The molecule has 0 bridgehead atoms. The van der Waals surface area contributed by atoms with E-state index >= 15 is 0 Å². The van der Waals surface area contributed by atoms with E-state index in [0.717, 1.165) is 24.6 Å². The normalized spacial score (nSPS) is 36.1. The number of ether oxygens (including phenoxy) is 1. The van der Waals surface area contributed by atoms with Crippen molar-refractivity contribution in [3.8, 4) is 0 Å². The smallest absolute Gasteiger partial charge is 0.0588 e. The van der Waals surface area contributed by atoms with Crippen LogP contribution in [0.25, 0.3) is 0 Å². The topological polar surface area (TPSA) is 24.5 Å². The highest BCUT2D eigenvalue weighted by Crippen LogP contribution is 2.29. The molecule has 0 aromatic carbocycles. The van der Waals surface area contributed by atoms with Crippen LogP contribution < -0.4 is 5.32 Å². The number of hydrogen-bond acceptors (Lipinski definition) is 3. The minimum atomic E-state index is 0.547. The second-order valence-corrected chi connectivity index (χ2v) is 7.39. The summed E-state index contributed by atoms with van der Waals surface area (Å²) in [5.41, 5.74) is 0. The number of nitrogens with zero attached hydrogens (tertiary/aromatic N) is 1. The van der Waals surface area contributed by atoms with Crippen LogP contribution >= 0.6 is 0 Å². The van der Waals surface area contributed by atoms with Gasteiger partial charge in [0.2, 0.25) is 0 Å². The Kier molecular flexibility index (Phi) is 5.96. The Balaban J connectivity index is 1.50. The molecule has 3 heteroatoms. The van der Waals surface area contributed by atoms with E-state index in [2.05, 4.69) is 17.1 Å². The van der Waals surface area contributed by atoms with E-state index in [1.54, 1.807) is 0 Å². The lowest BCUT2D eigenvalue weighted by molar-refractivity contribution is 0.0587. The van der Waals surface area contributed by atoms with Gasteiger partial charge in [-0.2, -0.15) is 0 Å². The third-order valence-corrected chi connectivity index (χ3v) is 6.02. The van der Waals surface area contributed by atoms with Gasteiger partial charge in [-0.3, -0.25) is 4.90 Å². The number of rotatable bonds is 5. The van der Waals surface area contributed by atoms with Crippen LogP contribution in [-0.2, 0) is 4.74 Å². The lowest BCUT2D eigenvalue weighted by Crippen LogP contribution is -2.59. The molecule has 2 saturated heterocycles. The van der Waals surface area contributed by atoms with Crippen molar-refractivity contribution < 1.29 is 4.74 Å². The Morgan fingerprint density at radius 1 is 1.10 bits per heavy atom. The molecule has 0 amide bonds. The van der Waals surface area contributed by atoms with Gasteiger partial charge in [-0.05, 0) is 44.4 Å². The lowest BCUT2D eigenvalue weighted by Gasteiger charge is -2.44. The van der Waals surface area contributed by atoms with Crippen molar-refractivity contribution in [3.05, 3.63) is 0 Å². The molecule has 0 spiro atoms. The highest BCUT2D eigenvalue weighted by Gasteiger charge is 2.32. The van der Waals surface area contributed by atoms with Gasteiger partial charge in [-0.15, -0.1) is 0 Å². The van der Waals surface area contributed by atoms with E-state index < -0.39 is 0 Å². The van der Waals surface area contributed by atoms with Crippen molar-refractivity contribution in [2.24, 2.45) is 5.92 Å². The molecule has 3 nitrogen and oxygen atoms in total. The molecule has 2 heterocycles. The van der Waals surface area contributed by atoms with Gasteiger partial charge in [0.15, 0.2) is 0 Å². The van der Waals surface area contributed by atoms with Crippen LogP contribution in [0.4, 0.5) is 0 Å². The van der Waals surface area contributed by atoms with Crippen LogP contribution in [0.2, 0.25) is 0 Å². The van der Waals surface area contributed by atoms with Crippen LogP contribution in [0.1, 0.15) is 64.7 Å². The van der Waals surface area contributed by atoms with E-state index in [9.17, 15) is 0 Å². The molecule has 1 N–H and O–H groups in total. The fourth-order valence-electron chi connectivity index (χ4n) is 4.59. The van der Waals surface area contributed by atoms with Gasteiger partial charge in [-0.25, -0.2) is 0 Å². The fourth-order valence-corrected chi connectivity index (χ4v) is 4.59. The summed E-state index contributed by atoms with van der Waals surface area (Å²) in [5.74, 6) is 0.932. The largest absolute Gasteiger partial charge is 0.378 e. The number of piperazine rings is 1. The molecule has 122 valence electrons. The minimum absolute atomic E-state index is 0.547. The summed E-state index contributed by atoms with van der Waals surface area (Å²) in [6, 6.07) is 1.49. The monoisotopic (exact) mass is 294 g/mol. The zero-order valence-electron chi connectivity index (χ0n) is 13.9. The van der Waals surface area contributed by atoms with Gasteiger partial charge in [0.25, 0.3) is 0 Å². The van der Waals surface area contributed by atoms with Gasteiger partial charge in [0.05, 0.1) is 6.10 Å². The van der Waals surface area contributed by atoms with Gasteiger partial charge < -0.3 is 10.1 Å². The van der Waals surface area contributed by atoms with Crippen LogP contribution in [-0.4, -0.2) is 49.3 Å². The summed E-state index contributed by atoms with van der Waals surface area (Å²) < 4.78 is 5.81. The molecular weight excluding hydrogens is 260 g/mol. The average molecular weight is 294 g/mol. The summed E-state index contributed by atoms with van der Waals surface area (Å²) in [6.45, 7) is 7.05. The molecular formula is C18H34N2O. The first-order valence-electron chi connectivity index (χ1n) is 9.46. The lowest BCUT2D eigenvalue weighted by atomic mass is 9.82. The second-order valence-electron chi connectivity index (χ2n) is 7.39.